The molecule has 2 amide bonds. The first kappa shape index (κ1) is 16.0. The van der Waals surface area contributed by atoms with Crippen LogP contribution in [0.2, 0.25) is 5.02 Å². The highest BCUT2D eigenvalue weighted by Crippen LogP contribution is 2.20. The third kappa shape index (κ3) is 4.12. The highest BCUT2D eigenvalue weighted by molar-refractivity contribution is 6.30. The van der Waals surface area contributed by atoms with Crippen LogP contribution in [0, 0.1) is 0 Å². The summed E-state index contributed by atoms with van der Waals surface area (Å²) in [5.74, 6) is 0. The van der Waals surface area contributed by atoms with Crippen molar-refractivity contribution < 1.29 is 4.79 Å². The summed E-state index contributed by atoms with van der Waals surface area (Å²) in [6.45, 7) is 0. The van der Waals surface area contributed by atoms with Crippen molar-refractivity contribution in [1.29, 1.82) is 0 Å². The topological polar surface area (TPSA) is 54.0 Å². The minimum atomic E-state index is -0.334. The normalized spacial score (nSPS) is 11.5. The number of amides is 2. The van der Waals surface area contributed by atoms with Gasteiger partial charge in [0.15, 0.2) is 0 Å². The van der Waals surface area contributed by atoms with Crippen molar-refractivity contribution in [1.82, 2.24) is 10.3 Å². The summed E-state index contributed by atoms with van der Waals surface area (Å²) in [6.07, 6.45) is 1.71. The maximum atomic E-state index is 12.4. The second kappa shape index (κ2) is 7.62. The lowest BCUT2D eigenvalue weighted by molar-refractivity contribution is 0.250. The minimum Gasteiger partial charge on any atom is -0.325 e. The van der Waals surface area contributed by atoms with Gasteiger partial charge in [0, 0.05) is 16.9 Å². The van der Waals surface area contributed by atoms with Crippen LogP contribution in [0.1, 0.15) is 17.3 Å². The molecule has 0 aliphatic carbocycles. The standard InChI is InChI=1S/C19H16ClN3O/c20-15-9-11-16(12-10-15)22-19(24)23-18(14-6-2-1-3-7-14)17-8-4-5-13-21-17/h1-13,18H,(H2,22,23,24). The summed E-state index contributed by atoms with van der Waals surface area (Å²) in [7, 11) is 0. The zero-order valence-electron chi connectivity index (χ0n) is 12.8. The van der Waals surface area contributed by atoms with Gasteiger partial charge in [-0.15, -0.1) is 0 Å². The molecule has 0 radical (unpaired) electrons. The zero-order valence-corrected chi connectivity index (χ0v) is 13.6. The number of urea groups is 1. The molecule has 3 rings (SSSR count). The Balaban J connectivity index is 1.79. The largest absolute Gasteiger partial charge is 0.325 e. The molecule has 0 saturated heterocycles. The third-order valence-corrected chi connectivity index (χ3v) is 3.75. The third-order valence-electron chi connectivity index (χ3n) is 3.49. The Hall–Kier alpha value is -2.85. The van der Waals surface area contributed by atoms with Crippen LogP contribution in [-0.2, 0) is 0 Å². The first-order chi connectivity index (χ1) is 11.7. The highest BCUT2D eigenvalue weighted by Gasteiger charge is 2.17. The van der Waals surface area contributed by atoms with E-state index >= 15 is 0 Å². The van der Waals surface area contributed by atoms with Crippen LogP contribution in [0.3, 0.4) is 0 Å². The van der Waals surface area contributed by atoms with Gasteiger partial charge in [-0.05, 0) is 42.0 Å². The molecule has 0 bridgehead atoms. The summed E-state index contributed by atoms with van der Waals surface area (Å²) in [4.78, 5) is 16.7. The molecule has 2 aromatic carbocycles. The van der Waals surface area contributed by atoms with Crippen LogP contribution in [0.4, 0.5) is 10.5 Å². The number of benzene rings is 2. The number of nitrogens with zero attached hydrogens (tertiary/aromatic N) is 1. The maximum Gasteiger partial charge on any atom is 0.320 e. The summed E-state index contributed by atoms with van der Waals surface area (Å²) in [6, 6.07) is 21.7. The summed E-state index contributed by atoms with van der Waals surface area (Å²) in [5.41, 5.74) is 2.40. The number of pyridine rings is 1. The molecular weight excluding hydrogens is 322 g/mol. The molecule has 1 atom stereocenters. The van der Waals surface area contributed by atoms with Gasteiger partial charge in [0.2, 0.25) is 0 Å². The number of halogens is 1. The van der Waals surface area contributed by atoms with Crippen molar-refractivity contribution in [2.24, 2.45) is 0 Å². The van der Waals surface area contributed by atoms with Gasteiger partial charge in [0.05, 0.1) is 11.7 Å². The molecule has 0 spiro atoms. The molecular formula is C19H16ClN3O. The molecule has 2 N–H and O–H groups in total. The zero-order chi connectivity index (χ0) is 16.8. The molecule has 1 aromatic heterocycles. The van der Waals surface area contributed by atoms with Crippen molar-refractivity contribution >= 4 is 23.3 Å². The molecule has 4 nitrogen and oxygen atoms in total. The molecule has 0 saturated carbocycles. The van der Waals surface area contributed by atoms with Crippen LogP contribution >= 0.6 is 11.6 Å². The Morgan fingerprint density at radius 3 is 2.29 bits per heavy atom. The van der Waals surface area contributed by atoms with E-state index in [1.54, 1.807) is 30.5 Å². The number of hydrogen-bond acceptors (Lipinski definition) is 2. The van der Waals surface area contributed by atoms with E-state index in [-0.39, 0.29) is 12.1 Å². The predicted molar refractivity (Wildman–Crippen MR) is 96.1 cm³/mol. The minimum absolute atomic E-state index is 0.308. The van der Waals surface area contributed by atoms with E-state index in [1.165, 1.54) is 0 Å². The number of nitrogens with one attached hydrogen (secondary N) is 2. The number of hydrogen-bond donors (Lipinski definition) is 2. The fraction of sp³-hybridized carbons (Fsp3) is 0.0526. The Kier molecular flexibility index (Phi) is 5.08. The summed E-state index contributed by atoms with van der Waals surface area (Å²) < 4.78 is 0. The van der Waals surface area contributed by atoms with Crippen molar-refractivity contribution in [3.8, 4) is 0 Å². The van der Waals surface area contributed by atoms with E-state index in [2.05, 4.69) is 15.6 Å². The van der Waals surface area contributed by atoms with Gasteiger partial charge >= 0.3 is 6.03 Å². The molecule has 1 unspecified atom stereocenters. The van der Waals surface area contributed by atoms with Crippen molar-refractivity contribution in [3.05, 3.63) is 95.3 Å². The molecule has 5 heteroatoms. The van der Waals surface area contributed by atoms with Gasteiger partial charge in [-0.3, -0.25) is 4.98 Å². The molecule has 0 aliphatic heterocycles. The van der Waals surface area contributed by atoms with Crippen molar-refractivity contribution in [2.45, 2.75) is 6.04 Å². The molecule has 1 heterocycles. The van der Waals surface area contributed by atoms with E-state index in [0.29, 0.717) is 10.7 Å². The number of aromatic nitrogens is 1. The van der Waals surface area contributed by atoms with Gasteiger partial charge in [0.1, 0.15) is 0 Å². The van der Waals surface area contributed by atoms with Crippen LogP contribution < -0.4 is 10.6 Å². The van der Waals surface area contributed by atoms with Gasteiger partial charge in [-0.25, -0.2) is 4.79 Å². The van der Waals surface area contributed by atoms with Gasteiger partial charge < -0.3 is 10.6 Å². The second-order valence-electron chi connectivity index (χ2n) is 5.20. The molecule has 24 heavy (non-hydrogen) atoms. The number of anilines is 1. The van der Waals surface area contributed by atoms with Crippen LogP contribution in [-0.4, -0.2) is 11.0 Å². The Morgan fingerprint density at radius 2 is 1.62 bits per heavy atom. The lowest BCUT2D eigenvalue weighted by Gasteiger charge is -2.19. The summed E-state index contributed by atoms with van der Waals surface area (Å²) >= 11 is 5.86. The fourth-order valence-electron chi connectivity index (χ4n) is 2.35. The lowest BCUT2D eigenvalue weighted by Crippen LogP contribution is -2.33. The summed E-state index contributed by atoms with van der Waals surface area (Å²) in [5, 5.41) is 6.39. The van der Waals surface area contributed by atoms with Gasteiger partial charge in [-0.2, -0.15) is 0 Å². The van der Waals surface area contributed by atoms with Gasteiger partial charge in [-0.1, -0.05) is 48.0 Å². The van der Waals surface area contributed by atoms with E-state index in [1.807, 2.05) is 48.5 Å². The Bertz CT molecular complexity index is 752. The molecule has 0 fully saturated rings. The predicted octanol–water partition coefficient (Wildman–Crippen LogP) is 4.65. The first-order valence-corrected chi connectivity index (χ1v) is 7.89. The van der Waals surface area contributed by atoms with E-state index < -0.39 is 0 Å². The number of carbonyl (C=O) groups excluding carboxylic acids is 1. The number of carbonyl (C=O) groups is 1. The Labute approximate surface area is 145 Å². The van der Waals surface area contributed by atoms with Crippen LogP contribution in [0.5, 0.6) is 0 Å². The van der Waals surface area contributed by atoms with E-state index in [4.69, 9.17) is 11.6 Å². The number of rotatable bonds is 4. The van der Waals surface area contributed by atoms with E-state index in [9.17, 15) is 4.79 Å². The monoisotopic (exact) mass is 337 g/mol. The smallest absolute Gasteiger partial charge is 0.320 e. The fourth-order valence-corrected chi connectivity index (χ4v) is 2.48. The highest BCUT2D eigenvalue weighted by atomic mass is 35.5. The average Bonchev–Trinajstić information content (AvgIpc) is 2.63. The van der Waals surface area contributed by atoms with E-state index in [0.717, 1.165) is 11.3 Å². The van der Waals surface area contributed by atoms with Crippen molar-refractivity contribution in [2.75, 3.05) is 5.32 Å². The average molecular weight is 338 g/mol. The van der Waals surface area contributed by atoms with Gasteiger partial charge in [0.25, 0.3) is 0 Å². The quantitative estimate of drug-likeness (QED) is 0.728. The molecule has 0 aliphatic rings. The first-order valence-electron chi connectivity index (χ1n) is 7.51. The van der Waals surface area contributed by atoms with Crippen molar-refractivity contribution in [3.63, 3.8) is 0 Å². The maximum absolute atomic E-state index is 12.4. The Morgan fingerprint density at radius 1 is 0.917 bits per heavy atom. The molecule has 120 valence electrons. The molecule has 3 aromatic rings. The SMILES string of the molecule is O=C(Nc1ccc(Cl)cc1)NC(c1ccccc1)c1ccccn1. The van der Waals surface area contributed by atoms with Crippen LogP contribution in [0.15, 0.2) is 79.0 Å². The lowest BCUT2D eigenvalue weighted by atomic mass is 10.0. The second-order valence-corrected chi connectivity index (χ2v) is 5.64. The van der Waals surface area contributed by atoms with Crippen LogP contribution in [0.25, 0.3) is 0 Å².